The number of fused-ring (bicyclic) bond motifs is 3. The zero-order chi connectivity index (χ0) is 67.3. The molecular formula is C53H49N. The van der Waals surface area contributed by atoms with E-state index in [-0.39, 0.29) is 67.8 Å². The van der Waals surface area contributed by atoms with Crippen molar-refractivity contribution in [3.05, 3.63) is 222 Å². The molecule has 266 valence electrons. The monoisotopic (exact) mass is 734 g/mol. The third kappa shape index (κ3) is 8.95. The number of rotatable bonds is 4. The molecule has 1 nitrogen and oxygen atoms in total. The van der Waals surface area contributed by atoms with Gasteiger partial charge in [0, 0.05) is 16.5 Å². The van der Waals surface area contributed by atoms with E-state index in [0.29, 0.717) is 0 Å². The first-order valence-electron chi connectivity index (χ1n) is 33.2. The lowest BCUT2D eigenvalue weighted by Crippen LogP contribution is -1.93. The van der Waals surface area contributed by atoms with Crippen LogP contribution in [0, 0.1) is 20.8 Å². The molecule has 9 rings (SSSR count). The summed E-state index contributed by atoms with van der Waals surface area (Å²) in [4.78, 5) is 0. The van der Waals surface area contributed by atoms with Gasteiger partial charge in [-0.2, -0.15) is 0 Å². The fourth-order valence-electron chi connectivity index (χ4n) is 4.56. The van der Waals surface area contributed by atoms with E-state index in [1.807, 2.05) is 13.8 Å². The smallest absolute Gasteiger partial charge is 0.0645 e. The molecule has 0 spiro atoms. The second-order valence-corrected chi connectivity index (χ2v) is 10.5. The van der Waals surface area contributed by atoms with Crippen LogP contribution in [0.4, 0.5) is 0 Å². The van der Waals surface area contributed by atoms with Gasteiger partial charge in [0.15, 0.2) is 0 Å². The van der Waals surface area contributed by atoms with Crippen LogP contribution in [-0.4, -0.2) is 4.57 Å². The van der Waals surface area contributed by atoms with Gasteiger partial charge in [-0.3, -0.25) is 0 Å². The maximum Gasteiger partial charge on any atom is 0.0645 e. The topological polar surface area (TPSA) is 4.93 Å². The quantitative estimate of drug-likeness (QED) is 0.170. The van der Waals surface area contributed by atoms with Crippen molar-refractivity contribution in [2.75, 3.05) is 0 Å². The highest BCUT2D eigenvalue weighted by Gasteiger charge is 2.11. The van der Waals surface area contributed by atoms with Gasteiger partial charge in [-0.25, -0.2) is 0 Å². The van der Waals surface area contributed by atoms with Gasteiger partial charge < -0.3 is 4.57 Å². The van der Waals surface area contributed by atoms with E-state index in [4.69, 9.17) is 46.6 Å². The predicted molar refractivity (Wildman–Crippen MR) is 236 cm³/mol. The summed E-state index contributed by atoms with van der Waals surface area (Å²) in [7, 11) is 0. The SMILES string of the molecule is CC.[2H]c1c([2H])c(-c2c([2H])c([2H])c(-n3c4c([2H])c([2H])c([2H])c([2H])c4c4c([2H])c([2H])c([2H])c([2H])c43)c([2H])c2[2H])c([2H])c([2H])c1C.[2H]c1c([2H])c([2H])c(-c2c([2H])c([2H])c(C)c([2H])c2[2H])c([2H])c1[2H].[2H]c1c([2H])c([2H])c(-c2c([2H])c([2H])c([2H])c([2H])c2C)c([2H])c1[2H]. The molecule has 8 aromatic carbocycles. The van der Waals surface area contributed by atoms with Gasteiger partial charge in [0.25, 0.3) is 0 Å². The largest absolute Gasteiger partial charge is 0.309 e. The number of hydrogen-bond donors (Lipinski definition) is 0. The molecule has 0 amide bonds. The second kappa shape index (κ2) is 18.4. The Morgan fingerprint density at radius 1 is 0.333 bits per heavy atom. The first-order valence-corrected chi connectivity index (χ1v) is 16.2. The van der Waals surface area contributed by atoms with Crippen molar-refractivity contribution in [2.24, 2.45) is 0 Å². The molecule has 1 aromatic heterocycles. The summed E-state index contributed by atoms with van der Waals surface area (Å²) in [6.07, 6.45) is 0. The standard InChI is InChI=1S/C25H19N.2C13H12.C2H6/c1-18-10-12-19(13-11-18)20-14-16-21(17-15-20)26-24-8-4-2-6-22(24)23-7-3-5-9-25(23)26;1-11-7-5-6-10-13(11)12-8-3-2-4-9-12;1-11-7-9-13(10-8-11)12-5-3-2-4-6-12;1-2/h2-17H,1H3;2*2-10H,1H3;1-2H3/i2D,3D,4D,5D,6D,7D,8D,9D,10D,11D,12D,13D,14D,15D,16D,17D;2*2D,3D,4D,5D,6D,7D,8D,9D,10D;. The number of aromatic nitrogens is 1. The van der Waals surface area contributed by atoms with Crippen LogP contribution in [0.2, 0.25) is 0 Å². The number of nitrogens with zero attached hydrogens (tertiary/aromatic N) is 1. The third-order valence-corrected chi connectivity index (χ3v) is 6.99. The lowest BCUT2D eigenvalue weighted by Gasteiger charge is -2.09. The first-order chi connectivity index (χ1) is 40.7. The Bertz CT molecular complexity index is 3970. The summed E-state index contributed by atoms with van der Waals surface area (Å²) < 4.78 is 276. The molecule has 0 aliphatic carbocycles. The molecule has 9 aromatic rings. The van der Waals surface area contributed by atoms with Crippen LogP contribution in [0.3, 0.4) is 0 Å². The van der Waals surface area contributed by atoms with Crippen molar-refractivity contribution in [2.45, 2.75) is 34.6 Å². The Hall–Kier alpha value is -6.44. The zero-order valence-corrected chi connectivity index (χ0v) is 29.4. The molecule has 0 atom stereocenters. The predicted octanol–water partition coefficient (Wildman–Crippen LogP) is 15.1. The molecule has 0 N–H and O–H groups in total. The summed E-state index contributed by atoms with van der Waals surface area (Å²) in [6, 6.07) is -19.1. The minimum atomic E-state index is -0.804. The molecule has 1 heterocycles. The van der Waals surface area contributed by atoms with Crippen molar-refractivity contribution in [1.29, 1.82) is 0 Å². The fraction of sp³-hybridized carbons (Fsp3) is 0.0943. The van der Waals surface area contributed by atoms with Crippen LogP contribution in [0.5, 0.6) is 0 Å². The van der Waals surface area contributed by atoms with E-state index in [2.05, 4.69) is 0 Å². The minimum absolute atomic E-state index is 0.0224. The summed E-state index contributed by atoms with van der Waals surface area (Å²) in [5, 5.41) is -0.607. The Morgan fingerprint density at radius 3 is 1.17 bits per heavy atom. The van der Waals surface area contributed by atoms with E-state index in [1.165, 1.54) is 20.8 Å². The van der Waals surface area contributed by atoms with Crippen LogP contribution in [0.15, 0.2) is 205 Å². The normalized spacial score (nSPS) is 19.1. The molecule has 0 unspecified atom stereocenters. The average Bonchev–Trinajstić information content (AvgIpc) is 1.52. The zero-order valence-electron chi connectivity index (χ0n) is 63.4. The van der Waals surface area contributed by atoms with Gasteiger partial charge in [-0.15, -0.1) is 0 Å². The summed E-state index contributed by atoms with van der Waals surface area (Å²) >= 11 is 0. The molecule has 0 aliphatic heterocycles. The Morgan fingerprint density at radius 2 is 0.685 bits per heavy atom. The van der Waals surface area contributed by atoms with Gasteiger partial charge >= 0.3 is 0 Å². The Balaban J connectivity index is 0.000000227. The Kier molecular flexibility index (Phi) is 4.68. The van der Waals surface area contributed by atoms with E-state index >= 15 is 0 Å². The fourth-order valence-corrected chi connectivity index (χ4v) is 4.56. The van der Waals surface area contributed by atoms with Crippen LogP contribution in [-0.2, 0) is 0 Å². The summed E-state index contributed by atoms with van der Waals surface area (Å²) in [6.45, 7) is 8.25. The van der Waals surface area contributed by atoms with Crippen molar-refractivity contribution < 1.29 is 46.6 Å². The minimum Gasteiger partial charge on any atom is -0.309 e. The van der Waals surface area contributed by atoms with Gasteiger partial charge in [0.2, 0.25) is 0 Å². The molecule has 0 saturated carbocycles. The number of hydrogen-bond acceptors (Lipinski definition) is 0. The van der Waals surface area contributed by atoms with Gasteiger partial charge in [0.1, 0.15) is 0 Å². The molecule has 0 bridgehead atoms. The van der Waals surface area contributed by atoms with Crippen LogP contribution < -0.4 is 0 Å². The first kappa shape index (κ1) is 13.8. The van der Waals surface area contributed by atoms with Crippen LogP contribution in [0.1, 0.15) is 77.1 Å². The van der Waals surface area contributed by atoms with Crippen molar-refractivity contribution >= 4 is 21.8 Å². The molecule has 1 heteroatoms. The Labute approximate surface area is 369 Å². The van der Waals surface area contributed by atoms with E-state index < -0.39 is 215 Å². The maximum absolute atomic E-state index is 8.87. The molecular weight excluding hydrogens is 651 g/mol. The molecule has 54 heavy (non-hydrogen) atoms. The lowest BCUT2D eigenvalue weighted by atomic mass is 10.0. The molecule has 0 fully saturated rings. The highest BCUT2D eigenvalue weighted by Crippen LogP contribution is 2.32. The third-order valence-electron chi connectivity index (χ3n) is 6.99. The summed E-state index contributed by atoms with van der Waals surface area (Å²) in [5.41, 5.74) is -2.94. The lowest BCUT2D eigenvalue weighted by molar-refractivity contribution is 1.18. The highest BCUT2D eigenvalue weighted by molar-refractivity contribution is 6.09. The average molecular weight is 734 g/mol. The van der Waals surface area contributed by atoms with Crippen molar-refractivity contribution in [3.63, 3.8) is 0 Å². The maximum atomic E-state index is 8.87. The van der Waals surface area contributed by atoms with Crippen molar-refractivity contribution in [3.8, 4) is 39.1 Å². The van der Waals surface area contributed by atoms with Crippen LogP contribution >= 0.6 is 0 Å². The highest BCUT2D eigenvalue weighted by atomic mass is 15.0. The van der Waals surface area contributed by atoms with Gasteiger partial charge in [0.05, 0.1) is 57.6 Å². The van der Waals surface area contributed by atoms with Gasteiger partial charge in [-0.05, 0) is 83.9 Å². The summed E-state index contributed by atoms with van der Waals surface area (Å²) in [5.74, 6) is 0. The van der Waals surface area contributed by atoms with E-state index in [0.717, 1.165) is 4.57 Å². The second-order valence-electron chi connectivity index (χ2n) is 10.5. The van der Waals surface area contributed by atoms with Gasteiger partial charge in [-0.1, -0.05) is 206 Å². The number of para-hydroxylation sites is 2. The molecule has 0 aliphatic rings. The number of benzene rings is 8. The molecule has 0 saturated heterocycles. The van der Waals surface area contributed by atoms with E-state index in [9.17, 15) is 0 Å². The molecule has 0 radical (unpaired) electrons. The van der Waals surface area contributed by atoms with Crippen molar-refractivity contribution in [1.82, 2.24) is 4.57 Å². The van der Waals surface area contributed by atoms with E-state index in [1.54, 1.807) is 0 Å². The van der Waals surface area contributed by atoms with Crippen LogP contribution in [0.25, 0.3) is 60.9 Å².